The number of allylic oxidation sites excluding steroid dienone is 1. The van der Waals surface area contributed by atoms with Crippen LogP contribution in [0.25, 0.3) is 6.08 Å². The molecule has 0 aliphatic carbocycles. The molecule has 8 heteroatoms. The molecule has 3 rings (SSSR count). The molecule has 2 aromatic rings. The van der Waals surface area contributed by atoms with Crippen molar-refractivity contribution in [2.75, 3.05) is 28.4 Å². The highest BCUT2D eigenvalue weighted by Gasteiger charge is 2.29. The van der Waals surface area contributed by atoms with Crippen LogP contribution in [0.4, 0.5) is 0 Å². The Bertz CT molecular complexity index is 1010. The number of methoxy groups -OCH3 is 4. The van der Waals surface area contributed by atoms with Crippen molar-refractivity contribution < 1.29 is 38.0 Å². The molecule has 8 nitrogen and oxygen atoms in total. The van der Waals surface area contributed by atoms with Gasteiger partial charge in [0.05, 0.1) is 34.0 Å². The smallest absolute Gasteiger partial charge is 0.346 e. The normalized spacial score (nSPS) is 14.6. The molecule has 0 spiro atoms. The number of hydrogen-bond acceptors (Lipinski definition) is 8. The van der Waals surface area contributed by atoms with Gasteiger partial charge in [0.2, 0.25) is 11.5 Å². The number of fused-ring (bicyclic) bond motifs is 1. The summed E-state index contributed by atoms with van der Waals surface area (Å²) in [6.07, 6.45) is 0.775. The summed E-state index contributed by atoms with van der Waals surface area (Å²) in [7, 11) is 5.81. The lowest BCUT2D eigenvalue weighted by Crippen LogP contribution is -2.24. The van der Waals surface area contributed by atoms with Gasteiger partial charge in [-0.1, -0.05) is 0 Å². The molecule has 0 N–H and O–H groups in total. The maximum absolute atomic E-state index is 12.8. The van der Waals surface area contributed by atoms with E-state index in [1.165, 1.54) is 28.4 Å². The van der Waals surface area contributed by atoms with E-state index in [2.05, 4.69) is 4.74 Å². The highest BCUT2D eigenvalue weighted by molar-refractivity contribution is 6.14. The third-order valence-corrected chi connectivity index (χ3v) is 4.51. The zero-order valence-corrected chi connectivity index (χ0v) is 17.3. The first-order valence-corrected chi connectivity index (χ1v) is 9.05. The molecule has 0 radical (unpaired) electrons. The molecular formula is C22H22O8. The third kappa shape index (κ3) is 3.89. The van der Waals surface area contributed by atoms with Gasteiger partial charge < -0.3 is 28.4 Å². The zero-order valence-electron chi connectivity index (χ0n) is 17.3. The Balaban J connectivity index is 1.91. The van der Waals surface area contributed by atoms with Crippen LogP contribution in [0.3, 0.4) is 0 Å². The maximum atomic E-state index is 12.8. The molecule has 1 aliphatic rings. The molecule has 0 amide bonds. The minimum Gasteiger partial charge on any atom is -0.493 e. The Morgan fingerprint density at radius 2 is 1.73 bits per heavy atom. The molecule has 30 heavy (non-hydrogen) atoms. The Morgan fingerprint density at radius 3 is 2.37 bits per heavy atom. The predicted molar refractivity (Wildman–Crippen MR) is 108 cm³/mol. The summed E-state index contributed by atoms with van der Waals surface area (Å²) in [6, 6.07) is 8.18. The molecule has 158 valence electrons. The van der Waals surface area contributed by atoms with Crippen LogP contribution in [0.15, 0.2) is 36.1 Å². The van der Waals surface area contributed by atoms with Crippen LogP contribution in [0.1, 0.15) is 22.8 Å². The van der Waals surface area contributed by atoms with Crippen LogP contribution in [0.5, 0.6) is 28.7 Å². The molecule has 0 bridgehead atoms. The monoisotopic (exact) mass is 414 g/mol. The molecular weight excluding hydrogens is 392 g/mol. The molecule has 0 unspecified atom stereocenters. The van der Waals surface area contributed by atoms with Gasteiger partial charge in [0.1, 0.15) is 11.5 Å². The summed E-state index contributed by atoms with van der Waals surface area (Å²) < 4.78 is 32.0. The predicted octanol–water partition coefficient (Wildman–Crippen LogP) is 3.27. The number of hydrogen-bond donors (Lipinski definition) is 0. The highest BCUT2D eigenvalue weighted by Crippen LogP contribution is 2.42. The van der Waals surface area contributed by atoms with Gasteiger partial charge >= 0.3 is 5.97 Å². The van der Waals surface area contributed by atoms with Crippen molar-refractivity contribution >= 4 is 17.8 Å². The average Bonchev–Trinajstić information content (AvgIpc) is 3.06. The van der Waals surface area contributed by atoms with Crippen molar-refractivity contribution in [3.8, 4) is 28.7 Å². The van der Waals surface area contributed by atoms with E-state index in [-0.39, 0.29) is 11.5 Å². The number of carbonyl (C=O) groups excluding carboxylic acids is 2. The van der Waals surface area contributed by atoms with Gasteiger partial charge in [-0.05, 0) is 37.3 Å². The van der Waals surface area contributed by atoms with Crippen molar-refractivity contribution in [1.29, 1.82) is 0 Å². The van der Waals surface area contributed by atoms with Crippen molar-refractivity contribution in [3.63, 3.8) is 0 Å². The summed E-state index contributed by atoms with van der Waals surface area (Å²) in [5.41, 5.74) is 0.973. The minimum atomic E-state index is -0.795. The largest absolute Gasteiger partial charge is 0.493 e. The molecule has 0 aromatic heterocycles. The lowest BCUT2D eigenvalue weighted by molar-refractivity contribution is -0.147. The van der Waals surface area contributed by atoms with Crippen LogP contribution in [-0.2, 0) is 9.53 Å². The number of Topliss-reactive ketones (excluding diaryl/α,β-unsaturated/α-hetero) is 1. The summed E-state index contributed by atoms with van der Waals surface area (Å²) in [6.45, 7) is 1.57. The standard InChI is InChI=1S/C22H22O8/c1-12(22(24)28-5)29-14-7-8-15-17(11-14)30-18(19(15)23)10-13-6-9-16(25-2)21(27-4)20(13)26-3/h6-12H,1-5H3/t12-/m0/s1. The topological polar surface area (TPSA) is 89.5 Å². The lowest BCUT2D eigenvalue weighted by Gasteiger charge is -2.14. The molecule has 1 atom stereocenters. The van der Waals surface area contributed by atoms with Crippen molar-refractivity contribution in [2.45, 2.75) is 13.0 Å². The molecule has 0 fully saturated rings. The van der Waals surface area contributed by atoms with E-state index in [1.807, 2.05) is 0 Å². The molecule has 0 saturated carbocycles. The Hall–Kier alpha value is -3.68. The fraction of sp³-hybridized carbons (Fsp3) is 0.273. The quantitative estimate of drug-likeness (QED) is 0.504. The first-order valence-electron chi connectivity index (χ1n) is 9.05. The first-order chi connectivity index (χ1) is 14.4. The van der Waals surface area contributed by atoms with Crippen molar-refractivity contribution in [2.24, 2.45) is 0 Å². The molecule has 2 aromatic carbocycles. The van der Waals surface area contributed by atoms with Gasteiger partial charge in [-0.2, -0.15) is 0 Å². The number of ether oxygens (including phenoxy) is 6. The van der Waals surface area contributed by atoms with Gasteiger partial charge in [0.25, 0.3) is 0 Å². The summed E-state index contributed by atoms with van der Waals surface area (Å²) in [5, 5.41) is 0. The highest BCUT2D eigenvalue weighted by atomic mass is 16.6. The van der Waals surface area contributed by atoms with Gasteiger partial charge in [-0.25, -0.2) is 4.79 Å². The zero-order chi connectivity index (χ0) is 21.8. The Kier molecular flexibility index (Phi) is 6.15. The molecule has 1 heterocycles. The first kappa shape index (κ1) is 21.0. The lowest BCUT2D eigenvalue weighted by atomic mass is 10.1. The van der Waals surface area contributed by atoms with Crippen LogP contribution in [-0.4, -0.2) is 46.3 Å². The minimum absolute atomic E-state index is 0.119. The van der Waals surface area contributed by atoms with E-state index < -0.39 is 12.1 Å². The van der Waals surface area contributed by atoms with E-state index in [0.717, 1.165) is 0 Å². The van der Waals surface area contributed by atoms with Gasteiger partial charge in [0.15, 0.2) is 23.4 Å². The second-order valence-corrected chi connectivity index (χ2v) is 6.30. The Labute approximate surface area is 173 Å². The number of esters is 1. The summed E-state index contributed by atoms with van der Waals surface area (Å²) in [5.74, 6) is 1.36. The number of carbonyl (C=O) groups is 2. The van der Waals surface area contributed by atoms with E-state index in [9.17, 15) is 9.59 Å². The van der Waals surface area contributed by atoms with E-state index in [4.69, 9.17) is 23.7 Å². The van der Waals surface area contributed by atoms with Gasteiger partial charge in [-0.3, -0.25) is 4.79 Å². The second-order valence-electron chi connectivity index (χ2n) is 6.30. The third-order valence-electron chi connectivity index (χ3n) is 4.51. The maximum Gasteiger partial charge on any atom is 0.346 e. The van der Waals surface area contributed by atoms with Crippen LogP contribution in [0.2, 0.25) is 0 Å². The van der Waals surface area contributed by atoms with Crippen LogP contribution in [0, 0.1) is 0 Å². The number of rotatable bonds is 7. The summed E-state index contributed by atoms with van der Waals surface area (Å²) >= 11 is 0. The SMILES string of the molecule is COC(=O)[C@H](C)Oc1ccc2c(c1)OC(=Cc1ccc(OC)c(OC)c1OC)C2=O. The number of benzene rings is 2. The van der Waals surface area contributed by atoms with Gasteiger partial charge in [0, 0.05) is 11.6 Å². The Morgan fingerprint density at radius 1 is 1.00 bits per heavy atom. The van der Waals surface area contributed by atoms with E-state index in [1.54, 1.807) is 43.3 Å². The fourth-order valence-electron chi connectivity index (χ4n) is 3.04. The summed E-state index contributed by atoms with van der Waals surface area (Å²) in [4.78, 5) is 24.3. The van der Waals surface area contributed by atoms with Crippen LogP contribution >= 0.6 is 0 Å². The van der Waals surface area contributed by atoms with Crippen molar-refractivity contribution in [3.05, 3.63) is 47.2 Å². The molecule has 1 aliphatic heterocycles. The van der Waals surface area contributed by atoms with Crippen LogP contribution < -0.4 is 23.7 Å². The molecule has 0 saturated heterocycles. The second kappa shape index (κ2) is 8.77. The average molecular weight is 414 g/mol. The van der Waals surface area contributed by atoms with Gasteiger partial charge in [-0.15, -0.1) is 0 Å². The van der Waals surface area contributed by atoms with E-state index in [0.29, 0.717) is 39.9 Å². The fourth-order valence-corrected chi connectivity index (χ4v) is 3.04. The number of ketones is 1. The van der Waals surface area contributed by atoms with Crippen molar-refractivity contribution in [1.82, 2.24) is 0 Å². The van der Waals surface area contributed by atoms with E-state index >= 15 is 0 Å².